The van der Waals surface area contributed by atoms with Crippen LogP contribution in [0.25, 0.3) is 16.9 Å². The van der Waals surface area contributed by atoms with Gasteiger partial charge in [-0.3, -0.25) is 23.9 Å². The summed E-state index contributed by atoms with van der Waals surface area (Å²) in [4.78, 5) is 46.4. The van der Waals surface area contributed by atoms with E-state index in [4.69, 9.17) is 21.5 Å². The molecule has 5 N–H and O–H groups in total. The molecular weight excluding hydrogens is 635 g/mol. The summed E-state index contributed by atoms with van der Waals surface area (Å²) in [7, 11) is 0. The third-order valence-corrected chi connectivity index (χ3v) is 8.05. The van der Waals surface area contributed by atoms with Crippen LogP contribution < -0.4 is 10.6 Å². The third-order valence-electron chi connectivity index (χ3n) is 7.73. The van der Waals surface area contributed by atoms with Gasteiger partial charge in [-0.2, -0.15) is 18.3 Å². The minimum atomic E-state index is -4.62. The van der Waals surface area contributed by atoms with E-state index in [0.717, 1.165) is 6.20 Å². The Morgan fingerprint density at radius 1 is 1.11 bits per heavy atom. The highest BCUT2D eigenvalue weighted by Gasteiger charge is 2.37. The topological polar surface area (TPSA) is 181 Å². The average molecular weight is 664 g/mol. The van der Waals surface area contributed by atoms with E-state index in [-0.39, 0.29) is 51.6 Å². The molecular formula is C28H29ClF3N9O5. The standard InChI is InChI=1S/C27H27ClF3N9O3.CH2O2/c28-19-11-15(36-23-24-34-13-20(40(24)6-5-33-23)18-12-35-37-22(18)27(29,30)31)1-2-16(19)25(42)38-7-9-39(10-8-38)26(43)17-3-4-32-14-21(17)41;2-1-3/h1-2,5-6,11-13,17,21,32,41H,3-4,7-10,14H2,(H,33,36)(H,35,37);1H,(H,2,3)/t17-,21-;/m0./s1. The number of piperidine rings is 1. The van der Waals surface area contributed by atoms with Gasteiger partial charge in [0.2, 0.25) is 5.91 Å². The molecule has 2 aliphatic rings. The molecule has 18 heteroatoms. The Balaban J connectivity index is 0.00000134. The summed E-state index contributed by atoms with van der Waals surface area (Å²) in [6, 6.07) is 4.78. The van der Waals surface area contributed by atoms with Crippen molar-refractivity contribution in [2.24, 2.45) is 5.92 Å². The first kappa shape index (κ1) is 32.6. The lowest BCUT2D eigenvalue weighted by molar-refractivity contribution is -0.142. The molecule has 1 aromatic carbocycles. The molecule has 2 fully saturated rings. The van der Waals surface area contributed by atoms with Crippen molar-refractivity contribution in [1.82, 2.24) is 39.7 Å². The van der Waals surface area contributed by atoms with Crippen LogP contribution in [0.4, 0.5) is 24.7 Å². The molecule has 0 aliphatic carbocycles. The maximum absolute atomic E-state index is 13.4. The summed E-state index contributed by atoms with van der Waals surface area (Å²) in [5, 5.41) is 29.0. The Morgan fingerprint density at radius 2 is 1.83 bits per heavy atom. The van der Waals surface area contributed by atoms with Crippen molar-refractivity contribution >= 4 is 47.0 Å². The number of alkyl halides is 3. The minimum absolute atomic E-state index is 0.0895. The van der Waals surface area contributed by atoms with Gasteiger partial charge in [0.1, 0.15) is 5.69 Å². The van der Waals surface area contributed by atoms with Crippen LogP contribution in [-0.4, -0.2) is 108 Å². The number of carbonyl (C=O) groups is 3. The molecule has 14 nitrogen and oxygen atoms in total. The highest BCUT2D eigenvalue weighted by Crippen LogP contribution is 2.36. The zero-order valence-corrected chi connectivity index (χ0v) is 24.8. The number of imidazole rings is 1. The number of fused-ring (bicyclic) bond motifs is 1. The number of H-pyrrole nitrogens is 1. The molecule has 0 bridgehead atoms. The normalized spacial score (nSPS) is 18.5. The van der Waals surface area contributed by atoms with E-state index in [1.165, 1.54) is 23.0 Å². The number of β-amino-alcohol motifs (C(OH)–C–C–N with tert-alkyl or cyclic N) is 1. The van der Waals surface area contributed by atoms with E-state index in [9.17, 15) is 27.9 Å². The van der Waals surface area contributed by atoms with Gasteiger partial charge >= 0.3 is 6.18 Å². The van der Waals surface area contributed by atoms with Gasteiger partial charge in [-0.05, 0) is 31.2 Å². The highest BCUT2D eigenvalue weighted by molar-refractivity contribution is 6.34. The second-order valence-corrected chi connectivity index (χ2v) is 10.9. The van der Waals surface area contributed by atoms with E-state index in [1.807, 2.05) is 5.10 Å². The fourth-order valence-electron chi connectivity index (χ4n) is 5.47. The fourth-order valence-corrected chi connectivity index (χ4v) is 5.73. The number of rotatable bonds is 5. The first-order valence-corrected chi connectivity index (χ1v) is 14.5. The van der Waals surface area contributed by atoms with Crippen molar-refractivity contribution < 1.29 is 37.8 Å². The molecule has 0 unspecified atom stereocenters. The summed E-state index contributed by atoms with van der Waals surface area (Å²) in [6.07, 6.45) is 0.537. The minimum Gasteiger partial charge on any atom is -0.483 e. The molecule has 6 rings (SSSR count). The molecule has 4 aromatic rings. The maximum atomic E-state index is 13.4. The van der Waals surface area contributed by atoms with Crippen molar-refractivity contribution in [1.29, 1.82) is 0 Å². The number of aliphatic hydroxyl groups is 1. The Bertz CT molecular complexity index is 1720. The molecule has 0 radical (unpaired) electrons. The molecule has 2 aliphatic heterocycles. The number of anilines is 2. The van der Waals surface area contributed by atoms with E-state index in [2.05, 4.69) is 25.7 Å². The van der Waals surface area contributed by atoms with Gasteiger partial charge < -0.3 is 30.6 Å². The number of nitrogens with zero attached hydrogens (tertiary/aromatic N) is 6. The second-order valence-electron chi connectivity index (χ2n) is 10.5. The number of amides is 2. The Kier molecular flexibility index (Phi) is 9.74. The van der Waals surface area contributed by atoms with E-state index in [1.54, 1.807) is 28.0 Å². The SMILES string of the molecule is O=C(c1ccc(Nc2nccn3c(-c4cn[nH]c4C(F)(F)F)cnc23)cc1Cl)N1CCN(C(=O)[C@H]2CCNC[C@@H]2O)CC1.O=CO. The number of hydrogen-bond acceptors (Lipinski definition) is 9. The van der Waals surface area contributed by atoms with Gasteiger partial charge in [-0.25, -0.2) is 9.97 Å². The molecule has 2 atom stereocenters. The number of aromatic nitrogens is 5. The van der Waals surface area contributed by atoms with Crippen molar-refractivity contribution in [3.05, 3.63) is 59.3 Å². The van der Waals surface area contributed by atoms with Gasteiger partial charge in [0, 0.05) is 50.8 Å². The number of carboxylic acid groups (broad SMARTS) is 1. The van der Waals surface area contributed by atoms with Gasteiger partial charge in [0.25, 0.3) is 12.4 Å². The summed E-state index contributed by atoms with van der Waals surface area (Å²) in [5.41, 5.74) is 0.0803. The van der Waals surface area contributed by atoms with Crippen LogP contribution in [0, 0.1) is 5.92 Å². The predicted octanol–water partition coefficient (Wildman–Crippen LogP) is 2.49. The fraction of sp³-hybridized carbons (Fsp3) is 0.357. The van der Waals surface area contributed by atoms with Crippen LogP contribution in [0.15, 0.2) is 43.0 Å². The number of halogens is 4. The van der Waals surface area contributed by atoms with Gasteiger partial charge in [0.05, 0.1) is 46.3 Å². The van der Waals surface area contributed by atoms with Crippen molar-refractivity contribution in [3.8, 4) is 11.3 Å². The van der Waals surface area contributed by atoms with Gasteiger partial charge in [-0.15, -0.1) is 0 Å². The van der Waals surface area contributed by atoms with Crippen LogP contribution in [0.1, 0.15) is 22.5 Å². The second kappa shape index (κ2) is 13.7. The smallest absolute Gasteiger partial charge is 0.433 e. The first-order chi connectivity index (χ1) is 22.0. The molecule has 2 saturated heterocycles. The lowest BCUT2D eigenvalue weighted by Crippen LogP contribution is -2.55. The predicted molar refractivity (Wildman–Crippen MR) is 158 cm³/mol. The van der Waals surface area contributed by atoms with Crippen LogP contribution in [0.5, 0.6) is 0 Å². The number of benzene rings is 1. The molecule has 244 valence electrons. The molecule has 2 amide bonds. The van der Waals surface area contributed by atoms with Crippen molar-refractivity contribution in [2.75, 3.05) is 44.6 Å². The molecule has 46 heavy (non-hydrogen) atoms. The summed E-state index contributed by atoms with van der Waals surface area (Å²) >= 11 is 6.51. The summed E-state index contributed by atoms with van der Waals surface area (Å²) in [6.45, 7) is 2.22. The molecule has 0 saturated carbocycles. The Hall–Kier alpha value is -4.74. The average Bonchev–Trinajstić information content (AvgIpc) is 3.70. The Morgan fingerprint density at radius 3 is 2.50 bits per heavy atom. The number of piperazine rings is 1. The van der Waals surface area contributed by atoms with Crippen LogP contribution in [0.3, 0.4) is 0 Å². The highest BCUT2D eigenvalue weighted by atomic mass is 35.5. The lowest BCUT2D eigenvalue weighted by Gasteiger charge is -2.38. The third kappa shape index (κ3) is 6.75. The summed E-state index contributed by atoms with van der Waals surface area (Å²) < 4.78 is 41.7. The zero-order valence-electron chi connectivity index (χ0n) is 24.0. The van der Waals surface area contributed by atoms with Gasteiger partial charge in [-0.1, -0.05) is 11.6 Å². The first-order valence-electron chi connectivity index (χ1n) is 14.1. The van der Waals surface area contributed by atoms with Crippen molar-refractivity contribution in [2.45, 2.75) is 18.7 Å². The van der Waals surface area contributed by atoms with E-state index >= 15 is 0 Å². The Labute approximate surface area is 264 Å². The molecule has 5 heterocycles. The number of nitrogens with one attached hydrogen (secondary N) is 3. The zero-order chi connectivity index (χ0) is 33.0. The molecule has 3 aromatic heterocycles. The van der Waals surface area contributed by atoms with E-state index < -0.39 is 23.9 Å². The van der Waals surface area contributed by atoms with Crippen molar-refractivity contribution in [3.63, 3.8) is 0 Å². The van der Waals surface area contributed by atoms with Crippen LogP contribution in [-0.2, 0) is 15.8 Å². The number of carbonyl (C=O) groups excluding carboxylic acids is 2. The number of aromatic amines is 1. The van der Waals surface area contributed by atoms with Crippen LogP contribution >= 0.6 is 11.6 Å². The maximum Gasteiger partial charge on any atom is 0.433 e. The molecule has 0 spiro atoms. The van der Waals surface area contributed by atoms with Gasteiger partial charge in [0.15, 0.2) is 11.5 Å². The number of hydrogen-bond donors (Lipinski definition) is 5. The van der Waals surface area contributed by atoms with E-state index in [0.29, 0.717) is 51.4 Å². The number of aliphatic hydroxyl groups excluding tert-OH is 1. The van der Waals surface area contributed by atoms with Crippen LogP contribution in [0.2, 0.25) is 5.02 Å². The quantitative estimate of drug-likeness (QED) is 0.199. The lowest BCUT2D eigenvalue weighted by atomic mass is 9.93. The monoisotopic (exact) mass is 663 g/mol. The summed E-state index contributed by atoms with van der Waals surface area (Å²) in [5.74, 6) is -0.534. The largest absolute Gasteiger partial charge is 0.483 e.